The van der Waals surface area contributed by atoms with Crippen molar-refractivity contribution in [3.05, 3.63) is 120 Å². The van der Waals surface area contributed by atoms with E-state index < -0.39 is 42.2 Å². The van der Waals surface area contributed by atoms with Gasteiger partial charge in [0.15, 0.2) is 10.2 Å². The Kier molecular flexibility index (Phi) is 10.2. The number of rotatable bonds is 13. The molecule has 0 saturated heterocycles. The monoisotopic (exact) mass is 826 g/mol. The minimum Gasteiger partial charge on any atom is -0.497 e. The van der Waals surface area contributed by atoms with E-state index in [4.69, 9.17) is 15.2 Å². The number of hydrogen-bond donors (Lipinski definition) is 3. The Morgan fingerprint density at radius 2 is 1.37 bits per heavy atom. The largest absolute Gasteiger partial charge is 0.497 e. The number of nitrogens with one attached hydrogen (secondary N) is 2. The minimum atomic E-state index is -4.97. The number of pyridine rings is 1. The second-order valence-corrected chi connectivity index (χ2v) is 17.4. The lowest BCUT2D eigenvalue weighted by atomic mass is 10.0. The number of methoxy groups -OCH3 is 2. The summed E-state index contributed by atoms with van der Waals surface area (Å²) in [6.45, 7) is 0.214. The summed E-state index contributed by atoms with van der Waals surface area (Å²) in [4.78, 5) is 7.48. The van der Waals surface area contributed by atoms with Crippen molar-refractivity contribution in [3.63, 3.8) is 0 Å². The zero-order valence-electron chi connectivity index (χ0n) is 30.2. The van der Waals surface area contributed by atoms with Gasteiger partial charge in [-0.25, -0.2) is 37.9 Å². The van der Waals surface area contributed by atoms with Crippen molar-refractivity contribution in [2.24, 2.45) is 20.7 Å². The first kappa shape index (κ1) is 37.8. The van der Waals surface area contributed by atoms with Gasteiger partial charge in [-0.2, -0.15) is 10.0 Å². The van der Waals surface area contributed by atoms with E-state index in [0.717, 1.165) is 20.1 Å². The molecule has 0 radical (unpaired) electrons. The molecule has 2 aliphatic rings. The molecule has 292 valence electrons. The second-order valence-electron chi connectivity index (χ2n) is 12.6. The maximum Gasteiger partial charge on any atom is 0.250 e. The summed E-state index contributed by atoms with van der Waals surface area (Å²) < 4.78 is 72.6. The van der Waals surface area contributed by atoms with Gasteiger partial charge in [0.1, 0.15) is 16.4 Å². The highest BCUT2D eigenvalue weighted by Gasteiger charge is 2.48. The van der Waals surface area contributed by atoms with Gasteiger partial charge >= 0.3 is 0 Å². The lowest BCUT2D eigenvalue weighted by Crippen LogP contribution is -2.58. The number of nitrogens with two attached hydrogens (primary N) is 1. The first-order valence-corrected chi connectivity index (χ1v) is 20.9. The smallest absolute Gasteiger partial charge is 0.250 e. The van der Waals surface area contributed by atoms with E-state index in [1.165, 1.54) is 57.9 Å². The Morgan fingerprint density at radius 1 is 0.754 bits per heavy atom. The normalized spacial score (nSPS) is 17.2. The number of sulfone groups is 1. The van der Waals surface area contributed by atoms with Crippen LogP contribution in [0.4, 0.5) is 5.13 Å². The predicted molar refractivity (Wildman–Crippen MR) is 209 cm³/mol. The maximum absolute atomic E-state index is 15.7. The van der Waals surface area contributed by atoms with Crippen LogP contribution in [0.25, 0.3) is 21.3 Å². The standard InChI is InChI=1S/C36H34N12O6S3/c1-53-26-14-9-23(10-15-26)21-46-35(40-42-44-46)48(36-41-43-45-47(36)22-24-11-16-27(54-2)17-12-24)57(51,52)31-20-25(28-6-5-7-29-33(28)39-34(37)55-29)13-18-30(31)56(49,50)32-8-3-4-19-38-32/h3-20,35-36H,21-22H2,1-2H3,(H2,37,39)(H,40,44)(H,41,45). The first-order valence-electron chi connectivity index (χ1n) is 17.2. The third-order valence-electron chi connectivity index (χ3n) is 9.15. The van der Waals surface area contributed by atoms with E-state index in [2.05, 4.69) is 41.7 Å². The van der Waals surface area contributed by atoms with Gasteiger partial charge in [-0.15, -0.1) is 14.5 Å². The van der Waals surface area contributed by atoms with Crippen LogP contribution in [0.5, 0.6) is 11.5 Å². The van der Waals surface area contributed by atoms with Crippen molar-refractivity contribution in [2.75, 3.05) is 20.0 Å². The summed E-state index contributed by atoms with van der Waals surface area (Å²) in [7, 11) is -6.41. The SMILES string of the molecule is COc1ccc(CN2NN=NC2N(C2N=NNN2Cc2ccc(OC)cc2)S(=O)(=O)c2cc(-c3cccc4sc(N)nc34)ccc2S(=O)(=O)c2ccccn2)cc1. The number of sulfonamides is 1. The number of hydrazine groups is 2. The number of ether oxygens (including phenoxy) is 2. The van der Waals surface area contributed by atoms with Gasteiger partial charge < -0.3 is 15.2 Å². The van der Waals surface area contributed by atoms with E-state index >= 15 is 8.42 Å². The topological polar surface area (TPSA) is 222 Å². The van der Waals surface area contributed by atoms with Gasteiger partial charge in [0.05, 0.1) is 29.3 Å². The highest BCUT2D eigenvalue weighted by molar-refractivity contribution is 7.93. The Hall–Kier alpha value is -6.10. The molecule has 4 aromatic carbocycles. The number of anilines is 1. The van der Waals surface area contributed by atoms with E-state index in [1.54, 1.807) is 56.7 Å². The Labute approximate surface area is 331 Å². The molecule has 4 N–H and O–H groups in total. The second kappa shape index (κ2) is 15.4. The number of benzene rings is 4. The molecule has 0 bridgehead atoms. The van der Waals surface area contributed by atoms with Crippen LogP contribution in [0.3, 0.4) is 0 Å². The van der Waals surface area contributed by atoms with Gasteiger partial charge in [-0.1, -0.05) is 70.3 Å². The molecule has 2 unspecified atom stereocenters. The van der Waals surface area contributed by atoms with Crippen molar-refractivity contribution < 1.29 is 26.3 Å². The van der Waals surface area contributed by atoms with Crippen LogP contribution in [0.15, 0.2) is 145 Å². The predicted octanol–water partition coefficient (Wildman–Crippen LogP) is 5.12. The van der Waals surface area contributed by atoms with Crippen molar-refractivity contribution in [3.8, 4) is 22.6 Å². The van der Waals surface area contributed by atoms with Crippen LogP contribution in [-0.4, -0.2) is 67.9 Å². The quantitative estimate of drug-likeness (QED) is 0.138. The van der Waals surface area contributed by atoms with Crippen molar-refractivity contribution in [1.29, 1.82) is 0 Å². The highest BCUT2D eigenvalue weighted by atomic mass is 32.2. The first-order chi connectivity index (χ1) is 27.6. The number of hydrogen-bond acceptors (Lipinski definition) is 18. The average Bonchev–Trinajstić information content (AvgIpc) is 3.98. The van der Waals surface area contributed by atoms with E-state index in [-0.39, 0.29) is 18.1 Å². The molecule has 6 aromatic rings. The zero-order valence-corrected chi connectivity index (χ0v) is 32.7. The van der Waals surface area contributed by atoms with Crippen LogP contribution in [-0.2, 0) is 33.0 Å². The van der Waals surface area contributed by atoms with Gasteiger partial charge in [0.25, 0.3) is 0 Å². The molecule has 18 nitrogen and oxygen atoms in total. The number of para-hydroxylation sites is 1. The average molecular weight is 827 g/mol. The molecular weight excluding hydrogens is 793 g/mol. The molecule has 2 aromatic heterocycles. The Morgan fingerprint density at radius 3 is 1.93 bits per heavy atom. The maximum atomic E-state index is 15.7. The van der Waals surface area contributed by atoms with E-state index in [9.17, 15) is 8.42 Å². The molecule has 8 rings (SSSR count). The highest BCUT2D eigenvalue weighted by Crippen LogP contribution is 2.39. The molecule has 21 heteroatoms. The Bertz CT molecular complexity index is 2630. The van der Waals surface area contributed by atoms with Crippen LogP contribution in [0.2, 0.25) is 0 Å². The minimum absolute atomic E-state index is 0.107. The van der Waals surface area contributed by atoms with Crippen molar-refractivity contribution in [1.82, 2.24) is 35.4 Å². The van der Waals surface area contributed by atoms with Crippen LogP contribution >= 0.6 is 11.3 Å². The third kappa shape index (κ3) is 7.34. The molecule has 4 heterocycles. The van der Waals surface area contributed by atoms with E-state index in [1.807, 2.05) is 30.3 Å². The summed E-state index contributed by atoms with van der Waals surface area (Å²) in [5.41, 5.74) is 14.6. The fraction of sp³-hybridized carbons (Fsp3) is 0.167. The van der Waals surface area contributed by atoms with Crippen LogP contribution in [0, 0.1) is 0 Å². The summed E-state index contributed by atoms with van der Waals surface area (Å²) >= 11 is 1.27. The molecule has 2 atom stereocenters. The van der Waals surface area contributed by atoms with Crippen LogP contribution in [0.1, 0.15) is 11.1 Å². The molecule has 0 amide bonds. The molecule has 0 spiro atoms. The van der Waals surface area contributed by atoms with Gasteiger partial charge in [0.2, 0.25) is 32.4 Å². The van der Waals surface area contributed by atoms with Crippen molar-refractivity contribution in [2.45, 2.75) is 40.5 Å². The number of nitrogens with zero attached hydrogens (tertiary/aromatic N) is 9. The lowest BCUT2D eigenvalue weighted by molar-refractivity contribution is -0.00000151. The molecular formula is C36H34N12O6S3. The lowest BCUT2D eigenvalue weighted by Gasteiger charge is -2.36. The van der Waals surface area contributed by atoms with E-state index in [0.29, 0.717) is 33.3 Å². The summed E-state index contributed by atoms with van der Waals surface area (Å²) in [6, 6.07) is 28.2. The summed E-state index contributed by atoms with van der Waals surface area (Å²) in [5, 5.41) is 19.6. The third-order valence-corrected chi connectivity index (χ3v) is 13.7. The molecule has 0 saturated carbocycles. The van der Waals surface area contributed by atoms with Gasteiger partial charge in [-0.3, -0.25) is 0 Å². The number of fused-ring (bicyclic) bond motifs is 1. The van der Waals surface area contributed by atoms with Crippen LogP contribution < -0.4 is 26.3 Å². The number of thiazole rings is 1. The summed E-state index contributed by atoms with van der Waals surface area (Å²) in [6.07, 6.45) is -1.50. The fourth-order valence-electron chi connectivity index (χ4n) is 6.36. The van der Waals surface area contributed by atoms with Gasteiger partial charge in [-0.05, 0) is 71.3 Å². The molecule has 0 fully saturated rings. The fourth-order valence-corrected chi connectivity index (χ4v) is 10.7. The summed E-state index contributed by atoms with van der Waals surface area (Å²) in [5.74, 6) is 1.26. The van der Waals surface area contributed by atoms with Gasteiger partial charge in [0, 0.05) is 24.8 Å². The number of aromatic nitrogens is 2. The molecule has 0 aliphatic carbocycles. The Balaban J connectivity index is 1.30. The van der Waals surface area contributed by atoms with Crippen molar-refractivity contribution >= 4 is 46.5 Å². The molecule has 2 aliphatic heterocycles. The number of nitrogen functional groups attached to an aromatic ring is 1. The zero-order chi connectivity index (χ0) is 39.7. The molecule has 57 heavy (non-hydrogen) atoms.